The van der Waals surface area contributed by atoms with E-state index < -0.39 is 0 Å². The predicted molar refractivity (Wildman–Crippen MR) is 99.2 cm³/mol. The molecule has 1 aromatic rings. The SMILES string of the molecule is CN(CCCCNC(=O)C1CC2CCCCC2N1)c1ccccc1. The smallest absolute Gasteiger partial charge is 0.237 e. The Morgan fingerprint density at radius 3 is 2.79 bits per heavy atom. The number of fused-ring (bicyclic) bond motifs is 1. The number of nitrogens with zero attached hydrogens (tertiary/aromatic N) is 1. The highest BCUT2D eigenvalue weighted by Gasteiger charge is 2.37. The molecule has 1 aliphatic heterocycles. The van der Waals surface area contributed by atoms with Gasteiger partial charge in [-0.2, -0.15) is 0 Å². The van der Waals surface area contributed by atoms with E-state index in [2.05, 4.69) is 46.8 Å². The highest BCUT2D eigenvalue weighted by atomic mass is 16.2. The van der Waals surface area contributed by atoms with E-state index in [0.29, 0.717) is 6.04 Å². The first kappa shape index (κ1) is 17.3. The maximum absolute atomic E-state index is 12.3. The molecule has 1 amide bonds. The van der Waals surface area contributed by atoms with E-state index in [1.165, 1.54) is 31.4 Å². The maximum atomic E-state index is 12.3. The van der Waals surface area contributed by atoms with Crippen molar-refractivity contribution in [2.45, 2.75) is 57.0 Å². The van der Waals surface area contributed by atoms with E-state index in [-0.39, 0.29) is 11.9 Å². The summed E-state index contributed by atoms with van der Waals surface area (Å²) in [5, 5.41) is 6.68. The molecule has 0 radical (unpaired) electrons. The molecule has 2 N–H and O–H groups in total. The Hall–Kier alpha value is -1.55. The fourth-order valence-corrected chi connectivity index (χ4v) is 4.14. The van der Waals surface area contributed by atoms with Gasteiger partial charge in [-0.15, -0.1) is 0 Å². The van der Waals surface area contributed by atoms with Crippen LogP contribution < -0.4 is 15.5 Å². The van der Waals surface area contributed by atoms with Gasteiger partial charge in [0.25, 0.3) is 0 Å². The first-order valence-electron chi connectivity index (χ1n) is 9.54. The number of para-hydroxylation sites is 1. The van der Waals surface area contributed by atoms with Gasteiger partial charge in [0, 0.05) is 31.9 Å². The molecule has 1 saturated heterocycles. The van der Waals surface area contributed by atoms with E-state index in [9.17, 15) is 4.79 Å². The summed E-state index contributed by atoms with van der Waals surface area (Å²) < 4.78 is 0. The summed E-state index contributed by atoms with van der Waals surface area (Å²) in [5.74, 6) is 0.940. The molecule has 3 rings (SSSR count). The summed E-state index contributed by atoms with van der Waals surface area (Å²) in [6.07, 6.45) is 8.36. The number of carbonyl (C=O) groups is 1. The largest absolute Gasteiger partial charge is 0.375 e. The van der Waals surface area contributed by atoms with Gasteiger partial charge in [-0.3, -0.25) is 4.79 Å². The Morgan fingerprint density at radius 2 is 2.00 bits per heavy atom. The van der Waals surface area contributed by atoms with E-state index in [0.717, 1.165) is 38.3 Å². The van der Waals surface area contributed by atoms with Crippen LogP contribution in [0.1, 0.15) is 44.9 Å². The number of anilines is 1. The molecule has 24 heavy (non-hydrogen) atoms. The number of hydrogen-bond acceptors (Lipinski definition) is 3. The summed E-state index contributed by atoms with van der Waals surface area (Å²) >= 11 is 0. The normalized spacial score (nSPS) is 26.0. The fraction of sp³-hybridized carbons (Fsp3) is 0.650. The topological polar surface area (TPSA) is 44.4 Å². The molecule has 0 bridgehead atoms. The quantitative estimate of drug-likeness (QED) is 0.756. The van der Waals surface area contributed by atoms with Gasteiger partial charge in [0.15, 0.2) is 0 Å². The van der Waals surface area contributed by atoms with E-state index in [4.69, 9.17) is 0 Å². The van der Waals surface area contributed by atoms with Crippen molar-refractivity contribution in [3.05, 3.63) is 30.3 Å². The fourth-order valence-electron chi connectivity index (χ4n) is 4.14. The molecule has 4 nitrogen and oxygen atoms in total. The Kier molecular flexibility index (Phi) is 6.13. The molecule has 0 aromatic heterocycles. The van der Waals surface area contributed by atoms with Crippen molar-refractivity contribution in [3.63, 3.8) is 0 Å². The molecule has 1 aromatic carbocycles. The summed E-state index contributed by atoms with van der Waals surface area (Å²) in [7, 11) is 2.12. The average Bonchev–Trinajstić information content (AvgIpc) is 3.06. The maximum Gasteiger partial charge on any atom is 0.237 e. The number of nitrogens with one attached hydrogen (secondary N) is 2. The van der Waals surface area contributed by atoms with Crippen LogP contribution in [-0.2, 0) is 4.79 Å². The Labute approximate surface area is 146 Å². The van der Waals surface area contributed by atoms with Crippen LogP contribution in [-0.4, -0.2) is 38.1 Å². The molecular formula is C20H31N3O. The third-order valence-electron chi connectivity index (χ3n) is 5.60. The zero-order chi connectivity index (χ0) is 16.8. The zero-order valence-electron chi connectivity index (χ0n) is 14.8. The van der Waals surface area contributed by atoms with Gasteiger partial charge in [0.2, 0.25) is 5.91 Å². The van der Waals surface area contributed by atoms with Crippen LogP contribution in [0.15, 0.2) is 30.3 Å². The second-order valence-electron chi connectivity index (χ2n) is 7.36. The van der Waals surface area contributed by atoms with E-state index in [1.54, 1.807) is 0 Å². The van der Waals surface area contributed by atoms with Crippen molar-refractivity contribution in [1.82, 2.24) is 10.6 Å². The molecule has 3 atom stereocenters. The number of rotatable bonds is 7. The third-order valence-corrected chi connectivity index (χ3v) is 5.60. The van der Waals surface area contributed by atoms with Gasteiger partial charge in [-0.25, -0.2) is 0 Å². The molecule has 2 aliphatic rings. The number of hydrogen-bond donors (Lipinski definition) is 2. The lowest BCUT2D eigenvalue weighted by atomic mass is 9.85. The average molecular weight is 329 g/mol. The van der Waals surface area contributed by atoms with Crippen LogP contribution in [0.5, 0.6) is 0 Å². The summed E-state index contributed by atoms with van der Waals surface area (Å²) in [5.41, 5.74) is 1.25. The van der Waals surface area contributed by atoms with Gasteiger partial charge in [-0.1, -0.05) is 31.0 Å². The Bertz CT molecular complexity index is 505. The highest BCUT2D eigenvalue weighted by Crippen LogP contribution is 2.33. The van der Waals surface area contributed by atoms with Crippen molar-refractivity contribution >= 4 is 11.6 Å². The molecule has 1 saturated carbocycles. The van der Waals surface area contributed by atoms with Gasteiger partial charge in [0.05, 0.1) is 6.04 Å². The predicted octanol–water partition coefficient (Wildman–Crippen LogP) is 2.94. The second-order valence-corrected chi connectivity index (χ2v) is 7.36. The van der Waals surface area contributed by atoms with Gasteiger partial charge < -0.3 is 15.5 Å². The number of carbonyl (C=O) groups excluding carboxylic acids is 1. The molecule has 2 fully saturated rings. The number of unbranched alkanes of at least 4 members (excludes halogenated alkanes) is 1. The van der Waals surface area contributed by atoms with Crippen LogP contribution >= 0.6 is 0 Å². The standard InChI is InChI=1S/C20H31N3O/c1-23(17-10-3-2-4-11-17)14-8-7-13-21-20(24)19-15-16-9-5-6-12-18(16)22-19/h2-4,10-11,16,18-19,22H,5-9,12-15H2,1H3,(H,21,24). The first-order chi connectivity index (χ1) is 11.7. The molecule has 0 spiro atoms. The van der Waals surface area contributed by atoms with Crippen LogP contribution in [0.4, 0.5) is 5.69 Å². The second kappa shape index (κ2) is 8.52. The Morgan fingerprint density at radius 1 is 1.21 bits per heavy atom. The van der Waals surface area contributed by atoms with Crippen molar-refractivity contribution in [1.29, 1.82) is 0 Å². The number of benzene rings is 1. The molecule has 3 unspecified atom stereocenters. The molecule has 4 heteroatoms. The summed E-state index contributed by atoms with van der Waals surface area (Å²) in [6, 6.07) is 11.1. The van der Waals surface area contributed by atoms with Gasteiger partial charge >= 0.3 is 0 Å². The lowest BCUT2D eigenvalue weighted by Gasteiger charge is -2.24. The highest BCUT2D eigenvalue weighted by molar-refractivity contribution is 5.82. The first-order valence-corrected chi connectivity index (χ1v) is 9.54. The van der Waals surface area contributed by atoms with Crippen molar-refractivity contribution < 1.29 is 4.79 Å². The molecule has 1 aliphatic carbocycles. The summed E-state index contributed by atoms with van der Waals surface area (Å²) in [4.78, 5) is 14.6. The van der Waals surface area contributed by atoms with Crippen molar-refractivity contribution in [2.24, 2.45) is 5.92 Å². The third kappa shape index (κ3) is 4.50. The summed E-state index contributed by atoms with van der Waals surface area (Å²) in [6.45, 7) is 1.81. The minimum atomic E-state index is 0.0464. The van der Waals surface area contributed by atoms with E-state index in [1.807, 2.05) is 6.07 Å². The van der Waals surface area contributed by atoms with Crippen LogP contribution in [0.25, 0.3) is 0 Å². The zero-order valence-corrected chi connectivity index (χ0v) is 14.8. The number of amides is 1. The lowest BCUT2D eigenvalue weighted by molar-refractivity contribution is -0.122. The Balaban J connectivity index is 1.30. The van der Waals surface area contributed by atoms with Crippen molar-refractivity contribution in [2.75, 3.05) is 25.0 Å². The minimum absolute atomic E-state index is 0.0464. The van der Waals surface area contributed by atoms with Gasteiger partial charge in [0.1, 0.15) is 0 Å². The van der Waals surface area contributed by atoms with Gasteiger partial charge in [-0.05, 0) is 50.2 Å². The monoisotopic (exact) mass is 329 g/mol. The minimum Gasteiger partial charge on any atom is -0.375 e. The van der Waals surface area contributed by atoms with E-state index >= 15 is 0 Å². The van der Waals surface area contributed by atoms with Crippen molar-refractivity contribution in [3.8, 4) is 0 Å². The van der Waals surface area contributed by atoms with Crippen LogP contribution in [0, 0.1) is 5.92 Å². The molecule has 1 heterocycles. The lowest BCUT2D eigenvalue weighted by Crippen LogP contribution is -2.43. The van der Waals surface area contributed by atoms with Crippen LogP contribution in [0.2, 0.25) is 0 Å². The van der Waals surface area contributed by atoms with Crippen LogP contribution in [0.3, 0.4) is 0 Å². The molecule has 132 valence electrons. The molecular weight excluding hydrogens is 298 g/mol.